The van der Waals surface area contributed by atoms with Crippen LogP contribution < -0.4 is 11.5 Å². The van der Waals surface area contributed by atoms with Gasteiger partial charge in [-0.25, -0.2) is 8.42 Å². The van der Waals surface area contributed by atoms with E-state index in [1.54, 1.807) is 17.4 Å². The van der Waals surface area contributed by atoms with Gasteiger partial charge in [-0.1, -0.05) is 6.08 Å². The van der Waals surface area contributed by atoms with Gasteiger partial charge >= 0.3 is 0 Å². The summed E-state index contributed by atoms with van der Waals surface area (Å²) in [6.45, 7) is 1.89. The summed E-state index contributed by atoms with van der Waals surface area (Å²) in [6.07, 6.45) is 6.56. The highest BCUT2D eigenvalue weighted by molar-refractivity contribution is 7.92. The molecule has 0 bridgehead atoms. The first-order valence-corrected chi connectivity index (χ1v) is 13.0. The standard InChI is InChI=1S/C23H26N4O2S2/c1-13-22(23(25)27-26-13)16-8-15(9-20(10-16)31(28,29)19-6-7-19)21-11-17(12-30-21)14-2-4-18(24)5-3-14/h2,8-12,18-19H,3-7,24H2,1H3,(H3,25,26,27). The Hall–Kier alpha value is -2.42. The van der Waals surface area contributed by atoms with Crippen LogP contribution >= 0.6 is 11.3 Å². The van der Waals surface area contributed by atoms with Crippen LogP contribution in [0.2, 0.25) is 0 Å². The average molecular weight is 455 g/mol. The summed E-state index contributed by atoms with van der Waals surface area (Å²) >= 11 is 1.63. The fourth-order valence-electron chi connectivity index (χ4n) is 4.21. The van der Waals surface area contributed by atoms with Crippen molar-refractivity contribution in [2.24, 2.45) is 5.73 Å². The molecule has 0 aliphatic heterocycles. The number of nitrogens with one attached hydrogen (secondary N) is 1. The molecule has 2 aliphatic rings. The van der Waals surface area contributed by atoms with E-state index in [1.165, 1.54) is 11.1 Å². The van der Waals surface area contributed by atoms with Crippen LogP contribution in [0.4, 0.5) is 5.82 Å². The summed E-state index contributed by atoms with van der Waals surface area (Å²) in [7, 11) is -3.35. The second-order valence-electron chi connectivity index (χ2n) is 8.56. The number of aromatic amines is 1. The third kappa shape index (κ3) is 3.84. The zero-order valence-corrected chi connectivity index (χ0v) is 19.0. The van der Waals surface area contributed by atoms with Gasteiger partial charge in [0.05, 0.1) is 10.1 Å². The molecule has 1 aromatic carbocycles. The second-order valence-corrected chi connectivity index (χ2v) is 11.7. The number of aromatic nitrogens is 2. The number of hydrogen-bond acceptors (Lipinski definition) is 6. The zero-order chi connectivity index (χ0) is 21.8. The smallest absolute Gasteiger partial charge is 0.181 e. The van der Waals surface area contributed by atoms with E-state index in [2.05, 4.69) is 27.7 Å². The summed E-state index contributed by atoms with van der Waals surface area (Å²) in [5.41, 5.74) is 17.9. The van der Waals surface area contributed by atoms with E-state index >= 15 is 0 Å². The molecule has 5 rings (SSSR count). The number of H-pyrrole nitrogens is 1. The summed E-state index contributed by atoms with van der Waals surface area (Å²) in [5, 5.41) is 8.87. The minimum Gasteiger partial charge on any atom is -0.382 e. The minimum atomic E-state index is -3.35. The molecule has 8 heteroatoms. The van der Waals surface area contributed by atoms with Crippen LogP contribution in [0.3, 0.4) is 0 Å². The van der Waals surface area contributed by atoms with Crippen molar-refractivity contribution in [3.05, 3.63) is 47.0 Å². The van der Waals surface area contributed by atoms with Crippen LogP contribution in [-0.4, -0.2) is 29.9 Å². The summed E-state index contributed by atoms with van der Waals surface area (Å²) in [5.74, 6) is 0.375. The van der Waals surface area contributed by atoms with Crippen molar-refractivity contribution < 1.29 is 8.42 Å². The highest BCUT2D eigenvalue weighted by Gasteiger charge is 2.37. The van der Waals surface area contributed by atoms with E-state index in [9.17, 15) is 8.42 Å². The SMILES string of the molecule is Cc1[nH]nc(N)c1-c1cc(-c2cc(C3=CCC(N)CC3)cs2)cc(S(=O)(=O)C2CC2)c1. The van der Waals surface area contributed by atoms with E-state index < -0.39 is 9.84 Å². The van der Waals surface area contributed by atoms with Crippen LogP contribution in [0, 0.1) is 6.92 Å². The number of nitrogens with zero attached hydrogens (tertiary/aromatic N) is 1. The lowest BCUT2D eigenvalue weighted by Crippen LogP contribution is -2.21. The predicted molar refractivity (Wildman–Crippen MR) is 126 cm³/mol. The molecule has 2 heterocycles. The predicted octanol–water partition coefficient (Wildman–Crippen LogP) is 4.53. The Labute approximate surface area is 186 Å². The number of hydrogen-bond donors (Lipinski definition) is 3. The maximum atomic E-state index is 13.1. The molecule has 5 N–H and O–H groups in total. The monoisotopic (exact) mass is 454 g/mol. The third-order valence-electron chi connectivity index (χ3n) is 6.17. The Bertz CT molecular complexity index is 1260. The molecule has 0 saturated heterocycles. The highest BCUT2D eigenvalue weighted by Crippen LogP contribution is 2.41. The zero-order valence-electron chi connectivity index (χ0n) is 17.4. The van der Waals surface area contributed by atoms with Gasteiger partial charge in [0.1, 0.15) is 0 Å². The number of allylic oxidation sites excluding steroid dienone is 1. The molecular formula is C23H26N4O2S2. The van der Waals surface area contributed by atoms with Crippen LogP contribution in [0.5, 0.6) is 0 Å². The van der Waals surface area contributed by atoms with Crippen LogP contribution in [-0.2, 0) is 9.84 Å². The number of nitrogen functional groups attached to an aromatic ring is 1. The van der Waals surface area contributed by atoms with Gasteiger partial charge in [-0.05, 0) is 90.9 Å². The number of benzene rings is 1. The Morgan fingerprint density at radius 2 is 1.87 bits per heavy atom. The molecule has 3 aromatic rings. The molecule has 6 nitrogen and oxygen atoms in total. The fourth-order valence-corrected chi connectivity index (χ4v) is 6.85. The minimum absolute atomic E-state index is 0.248. The van der Waals surface area contributed by atoms with Gasteiger partial charge in [0.25, 0.3) is 0 Å². The van der Waals surface area contributed by atoms with E-state index in [4.69, 9.17) is 11.5 Å². The largest absolute Gasteiger partial charge is 0.382 e. The van der Waals surface area contributed by atoms with Crippen molar-refractivity contribution in [1.82, 2.24) is 10.2 Å². The number of nitrogens with two attached hydrogens (primary N) is 2. The molecule has 1 atom stereocenters. The fraction of sp³-hybridized carbons (Fsp3) is 0.348. The normalized spacial score (nSPS) is 19.4. The molecule has 0 radical (unpaired) electrons. The first-order chi connectivity index (χ1) is 14.8. The molecule has 2 aliphatic carbocycles. The van der Waals surface area contributed by atoms with Gasteiger partial charge in [0.2, 0.25) is 0 Å². The second kappa shape index (κ2) is 7.62. The third-order valence-corrected chi connectivity index (χ3v) is 9.39. The molecule has 31 heavy (non-hydrogen) atoms. The molecule has 1 fully saturated rings. The van der Waals surface area contributed by atoms with Crippen molar-refractivity contribution in [3.8, 4) is 21.6 Å². The van der Waals surface area contributed by atoms with Crippen molar-refractivity contribution in [2.45, 2.75) is 55.2 Å². The quantitative estimate of drug-likeness (QED) is 0.524. The van der Waals surface area contributed by atoms with Gasteiger partial charge in [0, 0.05) is 22.2 Å². The van der Waals surface area contributed by atoms with Crippen molar-refractivity contribution >= 4 is 32.6 Å². The maximum absolute atomic E-state index is 13.1. The van der Waals surface area contributed by atoms with Gasteiger partial charge in [0.15, 0.2) is 15.7 Å². The lowest BCUT2D eigenvalue weighted by Gasteiger charge is -2.17. The molecule has 0 spiro atoms. The lowest BCUT2D eigenvalue weighted by atomic mass is 9.92. The molecule has 162 valence electrons. The summed E-state index contributed by atoms with van der Waals surface area (Å²) in [4.78, 5) is 1.40. The van der Waals surface area contributed by atoms with E-state index in [-0.39, 0.29) is 11.3 Å². The molecule has 0 amide bonds. The van der Waals surface area contributed by atoms with Crippen LogP contribution in [0.1, 0.15) is 43.4 Å². The topological polar surface area (TPSA) is 115 Å². The van der Waals surface area contributed by atoms with Gasteiger partial charge in [-0.15, -0.1) is 11.3 Å². The Morgan fingerprint density at radius 3 is 2.52 bits per heavy atom. The first kappa shape index (κ1) is 20.5. The van der Waals surface area contributed by atoms with E-state index in [0.717, 1.165) is 59.4 Å². The van der Waals surface area contributed by atoms with Crippen LogP contribution in [0.15, 0.2) is 40.6 Å². The van der Waals surface area contributed by atoms with Crippen LogP contribution in [0.25, 0.3) is 27.1 Å². The summed E-state index contributed by atoms with van der Waals surface area (Å²) in [6, 6.07) is 7.97. The van der Waals surface area contributed by atoms with Crippen molar-refractivity contribution in [1.29, 1.82) is 0 Å². The molecule has 1 saturated carbocycles. The molecule has 1 unspecified atom stereocenters. The van der Waals surface area contributed by atoms with Gasteiger partial charge < -0.3 is 11.5 Å². The average Bonchev–Trinajstić information content (AvgIpc) is 3.42. The van der Waals surface area contributed by atoms with E-state index in [0.29, 0.717) is 10.7 Å². The number of anilines is 1. The highest BCUT2D eigenvalue weighted by atomic mass is 32.2. The molecular weight excluding hydrogens is 428 g/mol. The van der Waals surface area contributed by atoms with Gasteiger partial charge in [-0.3, -0.25) is 5.10 Å². The van der Waals surface area contributed by atoms with Crippen molar-refractivity contribution in [2.75, 3.05) is 5.73 Å². The number of aryl methyl sites for hydroxylation is 1. The number of thiophene rings is 1. The first-order valence-electron chi connectivity index (χ1n) is 10.6. The Balaban J connectivity index is 1.61. The number of sulfone groups is 1. The number of rotatable bonds is 5. The summed E-state index contributed by atoms with van der Waals surface area (Å²) < 4.78 is 26.2. The Morgan fingerprint density at radius 1 is 1.10 bits per heavy atom. The Kier molecular flexibility index (Phi) is 5.03. The van der Waals surface area contributed by atoms with Gasteiger partial charge in [-0.2, -0.15) is 5.10 Å². The molecule has 2 aromatic heterocycles. The van der Waals surface area contributed by atoms with E-state index in [1.807, 2.05) is 19.1 Å². The maximum Gasteiger partial charge on any atom is 0.181 e. The lowest BCUT2D eigenvalue weighted by molar-refractivity contribution is 0.595. The van der Waals surface area contributed by atoms with Crippen molar-refractivity contribution in [3.63, 3.8) is 0 Å².